The molecule has 5 heteroatoms. The fourth-order valence-corrected chi connectivity index (χ4v) is 4.15. The number of amides is 2. The van der Waals surface area contributed by atoms with E-state index >= 15 is 0 Å². The number of imide groups is 1. The van der Waals surface area contributed by atoms with E-state index in [9.17, 15) is 9.59 Å². The monoisotopic (exact) mass is 384 g/mol. The summed E-state index contributed by atoms with van der Waals surface area (Å²) in [5, 5.41) is 1.72. The number of benzene rings is 3. The summed E-state index contributed by atoms with van der Waals surface area (Å²) >= 11 is 0. The maximum absolute atomic E-state index is 13.4. The number of anilines is 2. The molecule has 0 radical (unpaired) electrons. The summed E-state index contributed by atoms with van der Waals surface area (Å²) in [4.78, 5) is 34.0. The second kappa shape index (κ2) is 6.87. The van der Waals surface area contributed by atoms with Crippen LogP contribution in [0.5, 0.6) is 0 Å². The number of rotatable bonds is 3. The van der Waals surface area contributed by atoms with Crippen molar-refractivity contribution in [3.63, 3.8) is 0 Å². The maximum Gasteiger partial charge on any atom is 0.266 e. The summed E-state index contributed by atoms with van der Waals surface area (Å²) in [7, 11) is 0. The summed E-state index contributed by atoms with van der Waals surface area (Å²) in [6.45, 7) is 1.97. The molecule has 5 nitrogen and oxygen atoms in total. The average Bonchev–Trinajstić information content (AvgIpc) is 3.27. The van der Waals surface area contributed by atoms with E-state index in [1.165, 1.54) is 4.90 Å². The van der Waals surface area contributed by atoms with Crippen LogP contribution in [0.15, 0.2) is 84.9 Å². The van der Waals surface area contributed by atoms with Gasteiger partial charge in [-0.2, -0.15) is 0 Å². The Hall–Kier alpha value is -3.44. The highest BCUT2D eigenvalue weighted by molar-refractivity contribution is 6.23. The fraction of sp³-hybridized carbons (Fsp3) is 0.167. The van der Waals surface area contributed by atoms with Crippen LogP contribution in [0.1, 0.15) is 17.2 Å². The van der Waals surface area contributed by atoms with Crippen LogP contribution >= 0.6 is 0 Å². The Bertz CT molecular complexity index is 1050. The van der Waals surface area contributed by atoms with Gasteiger partial charge in [-0.05, 0) is 36.8 Å². The van der Waals surface area contributed by atoms with Gasteiger partial charge < -0.3 is 0 Å². The molecule has 0 aromatic heterocycles. The maximum atomic E-state index is 13.4. The first-order valence-electron chi connectivity index (χ1n) is 9.65. The Labute approximate surface area is 169 Å². The van der Waals surface area contributed by atoms with Crippen molar-refractivity contribution in [2.75, 3.05) is 9.96 Å². The normalized spacial score (nSPS) is 23.6. The number of hydroxylamine groups is 1. The van der Waals surface area contributed by atoms with Gasteiger partial charge in [0, 0.05) is 0 Å². The molecule has 2 heterocycles. The lowest BCUT2D eigenvalue weighted by Gasteiger charge is -2.28. The zero-order valence-corrected chi connectivity index (χ0v) is 15.9. The van der Waals surface area contributed by atoms with E-state index in [1.54, 1.807) is 17.2 Å². The zero-order valence-electron chi connectivity index (χ0n) is 15.9. The van der Waals surface area contributed by atoms with Crippen molar-refractivity contribution in [1.29, 1.82) is 0 Å². The third-order valence-electron chi connectivity index (χ3n) is 5.56. The van der Waals surface area contributed by atoms with Gasteiger partial charge in [-0.1, -0.05) is 66.2 Å². The van der Waals surface area contributed by atoms with E-state index in [1.807, 2.05) is 79.7 Å². The van der Waals surface area contributed by atoms with E-state index in [0.29, 0.717) is 5.69 Å². The van der Waals surface area contributed by atoms with Crippen LogP contribution in [-0.4, -0.2) is 17.9 Å². The molecule has 144 valence electrons. The molecule has 2 fully saturated rings. The van der Waals surface area contributed by atoms with Crippen LogP contribution in [0.4, 0.5) is 11.4 Å². The lowest BCUT2D eigenvalue weighted by Crippen LogP contribution is -2.37. The summed E-state index contributed by atoms with van der Waals surface area (Å²) in [5.74, 6) is -1.15. The highest BCUT2D eigenvalue weighted by atomic mass is 16.7. The second-order valence-electron chi connectivity index (χ2n) is 7.42. The minimum atomic E-state index is -0.839. The molecule has 0 saturated carbocycles. The smallest absolute Gasteiger partial charge is 0.266 e. The van der Waals surface area contributed by atoms with Gasteiger partial charge in [0.15, 0.2) is 6.10 Å². The van der Waals surface area contributed by atoms with E-state index in [4.69, 9.17) is 4.84 Å². The van der Waals surface area contributed by atoms with E-state index in [2.05, 4.69) is 0 Å². The van der Waals surface area contributed by atoms with Crippen LogP contribution in [0.2, 0.25) is 0 Å². The summed E-state index contributed by atoms with van der Waals surface area (Å²) < 4.78 is 0. The van der Waals surface area contributed by atoms with Gasteiger partial charge in [0.05, 0.1) is 17.4 Å². The molecule has 3 aromatic rings. The van der Waals surface area contributed by atoms with Crippen molar-refractivity contribution in [2.24, 2.45) is 5.92 Å². The van der Waals surface area contributed by atoms with Crippen LogP contribution in [0.3, 0.4) is 0 Å². The largest absolute Gasteiger partial charge is 0.273 e. The second-order valence-corrected chi connectivity index (χ2v) is 7.42. The molecule has 2 amide bonds. The number of para-hydroxylation sites is 1. The highest BCUT2D eigenvalue weighted by Gasteiger charge is 2.60. The minimum absolute atomic E-state index is 0.226. The number of carbonyl (C=O) groups is 2. The van der Waals surface area contributed by atoms with Gasteiger partial charge >= 0.3 is 0 Å². The van der Waals surface area contributed by atoms with Gasteiger partial charge in [0.25, 0.3) is 5.91 Å². The molecule has 2 saturated heterocycles. The first-order valence-corrected chi connectivity index (χ1v) is 9.65. The van der Waals surface area contributed by atoms with Crippen molar-refractivity contribution in [3.05, 3.63) is 96.1 Å². The third kappa shape index (κ3) is 2.82. The zero-order chi connectivity index (χ0) is 20.0. The lowest BCUT2D eigenvalue weighted by molar-refractivity contribution is -0.126. The minimum Gasteiger partial charge on any atom is -0.273 e. The van der Waals surface area contributed by atoms with Gasteiger partial charge in [0.1, 0.15) is 5.92 Å². The number of carbonyl (C=O) groups excluding carboxylic acids is 2. The first-order chi connectivity index (χ1) is 14.1. The molecule has 0 aliphatic carbocycles. The average molecular weight is 384 g/mol. The molecule has 5 rings (SSSR count). The van der Waals surface area contributed by atoms with Gasteiger partial charge in [0.2, 0.25) is 5.91 Å². The Morgan fingerprint density at radius 1 is 0.724 bits per heavy atom. The fourth-order valence-electron chi connectivity index (χ4n) is 4.15. The van der Waals surface area contributed by atoms with Crippen molar-refractivity contribution in [2.45, 2.75) is 19.1 Å². The third-order valence-corrected chi connectivity index (χ3v) is 5.56. The Morgan fingerprint density at radius 2 is 1.34 bits per heavy atom. The van der Waals surface area contributed by atoms with Crippen LogP contribution in [0.25, 0.3) is 0 Å². The van der Waals surface area contributed by atoms with Gasteiger partial charge in [-0.15, -0.1) is 0 Å². The summed E-state index contributed by atoms with van der Waals surface area (Å²) in [5.41, 5.74) is 3.41. The molecule has 0 unspecified atom stereocenters. The van der Waals surface area contributed by atoms with E-state index in [0.717, 1.165) is 16.8 Å². The van der Waals surface area contributed by atoms with Crippen molar-refractivity contribution in [1.82, 2.24) is 0 Å². The molecule has 2 aliphatic heterocycles. The predicted molar refractivity (Wildman–Crippen MR) is 110 cm³/mol. The summed E-state index contributed by atoms with van der Waals surface area (Å²) in [6.07, 6.45) is -0.839. The molecule has 29 heavy (non-hydrogen) atoms. The Balaban J connectivity index is 1.58. The van der Waals surface area contributed by atoms with E-state index in [-0.39, 0.29) is 17.9 Å². The number of aryl methyl sites for hydroxylation is 1. The Kier molecular flexibility index (Phi) is 4.18. The number of hydrogen-bond donors (Lipinski definition) is 0. The number of nitrogens with zero attached hydrogens (tertiary/aromatic N) is 2. The molecule has 0 N–H and O–H groups in total. The van der Waals surface area contributed by atoms with Crippen LogP contribution < -0.4 is 9.96 Å². The molecular weight excluding hydrogens is 364 g/mol. The van der Waals surface area contributed by atoms with Gasteiger partial charge in [-0.3, -0.25) is 14.4 Å². The quantitative estimate of drug-likeness (QED) is 0.640. The highest BCUT2D eigenvalue weighted by Crippen LogP contribution is 2.47. The topological polar surface area (TPSA) is 49.9 Å². The molecule has 0 bridgehead atoms. The number of hydrogen-bond acceptors (Lipinski definition) is 4. The number of fused-ring (bicyclic) bond motifs is 1. The lowest BCUT2D eigenvalue weighted by atomic mass is 9.90. The van der Waals surface area contributed by atoms with E-state index < -0.39 is 12.0 Å². The molecule has 2 aliphatic rings. The van der Waals surface area contributed by atoms with Crippen LogP contribution in [0, 0.1) is 12.8 Å². The standard InChI is InChI=1S/C24H20N2O3/c1-16-12-14-18(15-13-16)25-23(27)20-21(17-8-4-2-5-9-17)26(29-22(20)24(25)28)19-10-6-3-7-11-19/h2-15,20-22H,1H3/t20-,21-,22+/m0/s1. The molecular formula is C24H20N2O3. The van der Waals surface area contributed by atoms with Crippen LogP contribution in [-0.2, 0) is 14.4 Å². The predicted octanol–water partition coefficient (Wildman–Crippen LogP) is 4.05. The first kappa shape index (κ1) is 17.6. The molecule has 3 atom stereocenters. The molecule has 3 aromatic carbocycles. The van der Waals surface area contributed by atoms with Gasteiger partial charge in [-0.25, -0.2) is 9.96 Å². The van der Waals surface area contributed by atoms with Crippen molar-refractivity contribution >= 4 is 23.2 Å². The van der Waals surface area contributed by atoms with Crippen molar-refractivity contribution in [3.8, 4) is 0 Å². The SMILES string of the molecule is Cc1ccc(N2C(=O)[C@@H]3[C@@H](ON(c4ccccc4)[C@H]3c3ccccc3)C2=O)cc1. The molecule has 0 spiro atoms. The summed E-state index contributed by atoms with van der Waals surface area (Å²) in [6, 6.07) is 26.4. The van der Waals surface area contributed by atoms with Crippen molar-refractivity contribution < 1.29 is 14.4 Å². The Morgan fingerprint density at radius 3 is 2.00 bits per heavy atom.